The molecule has 0 unspecified atom stereocenters. The Morgan fingerprint density at radius 2 is 1.83 bits per heavy atom. The fourth-order valence-electron chi connectivity index (χ4n) is 1.68. The van der Waals surface area contributed by atoms with E-state index in [4.69, 9.17) is 28.9 Å². The van der Waals surface area contributed by atoms with Crippen LogP contribution in [0.25, 0.3) is 11.3 Å². The zero-order valence-corrected chi connectivity index (χ0v) is 11.3. The number of nitrogen functional groups attached to an aromatic ring is 1. The van der Waals surface area contributed by atoms with E-state index in [1.54, 1.807) is 19.1 Å². The maximum absolute atomic E-state index is 9.53. The number of phenolic OH excluding ortho intramolecular Hbond substituents is 1. The lowest BCUT2D eigenvalue weighted by molar-refractivity contribution is 0.475. The van der Waals surface area contributed by atoms with Gasteiger partial charge in [-0.15, -0.1) is 0 Å². The van der Waals surface area contributed by atoms with Crippen molar-refractivity contribution in [1.82, 2.24) is 9.97 Å². The smallest absolute Gasteiger partial charge is 0.220 e. The number of hydrogen-bond donors (Lipinski definition) is 2. The van der Waals surface area contributed by atoms with Gasteiger partial charge in [-0.2, -0.15) is 0 Å². The molecule has 0 atom stereocenters. The highest BCUT2D eigenvalue weighted by atomic mass is 35.5. The van der Waals surface area contributed by atoms with Gasteiger partial charge in [0.05, 0.1) is 21.4 Å². The first kappa shape index (κ1) is 12.9. The van der Waals surface area contributed by atoms with Gasteiger partial charge in [0.25, 0.3) is 0 Å². The normalized spacial score (nSPS) is 10.7. The third-order valence-electron chi connectivity index (χ3n) is 2.58. The van der Waals surface area contributed by atoms with Crippen molar-refractivity contribution in [2.75, 3.05) is 5.73 Å². The maximum atomic E-state index is 9.53. The number of aromatic nitrogens is 2. The third-order valence-corrected chi connectivity index (χ3v) is 3.34. The predicted molar refractivity (Wildman–Crippen MR) is 73.0 cm³/mol. The molecule has 0 aliphatic heterocycles. The average Bonchev–Trinajstić information content (AvgIpc) is 2.29. The van der Waals surface area contributed by atoms with Gasteiger partial charge in [0.2, 0.25) is 5.95 Å². The molecule has 4 nitrogen and oxygen atoms in total. The zero-order chi connectivity index (χ0) is 13.4. The number of aromatic hydroxyl groups is 1. The standard InChI is InChI=1S/C12H11Cl2N3O/c1-5-3-9(18)8(13)4-7(5)11-10(14)6(2)16-12(15)17-11/h3-4,18H,1-2H3,(H2,15,16,17). The Bertz CT molecular complexity index is 629. The zero-order valence-electron chi connectivity index (χ0n) is 9.83. The first-order chi connectivity index (χ1) is 8.40. The summed E-state index contributed by atoms with van der Waals surface area (Å²) >= 11 is 12.1. The lowest BCUT2D eigenvalue weighted by Crippen LogP contribution is -2.00. The third kappa shape index (κ3) is 2.21. The number of rotatable bonds is 1. The van der Waals surface area contributed by atoms with Crippen LogP contribution >= 0.6 is 23.2 Å². The number of nitrogens with two attached hydrogens (primary N) is 1. The second kappa shape index (κ2) is 4.63. The summed E-state index contributed by atoms with van der Waals surface area (Å²) in [4.78, 5) is 8.11. The Labute approximate surface area is 114 Å². The van der Waals surface area contributed by atoms with E-state index in [0.29, 0.717) is 16.4 Å². The molecule has 3 N–H and O–H groups in total. The van der Waals surface area contributed by atoms with Gasteiger partial charge in [-0.05, 0) is 31.5 Å². The van der Waals surface area contributed by atoms with Crippen molar-refractivity contribution in [1.29, 1.82) is 0 Å². The number of hydrogen-bond acceptors (Lipinski definition) is 4. The van der Waals surface area contributed by atoms with Gasteiger partial charge in [-0.25, -0.2) is 9.97 Å². The van der Waals surface area contributed by atoms with Crippen molar-refractivity contribution in [2.24, 2.45) is 0 Å². The van der Waals surface area contributed by atoms with Gasteiger partial charge in [0.1, 0.15) is 5.75 Å². The number of halogens is 2. The molecule has 0 radical (unpaired) electrons. The monoisotopic (exact) mass is 283 g/mol. The number of nitrogens with zero attached hydrogens (tertiary/aromatic N) is 2. The topological polar surface area (TPSA) is 72.0 Å². The van der Waals surface area contributed by atoms with Gasteiger partial charge < -0.3 is 10.8 Å². The van der Waals surface area contributed by atoms with Crippen LogP contribution in [-0.2, 0) is 0 Å². The van der Waals surface area contributed by atoms with Crippen LogP contribution in [0.2, 0.25) is 10.0 Å². The summed E-state index contributed by atoms with van der Waals surface area (Å²) in [5.41, 5.74) is 8.26. The molecule has 0 fully saturated rings. The molecular formula is C12H11Cl2N3O. The Morgan fingerprint density at radius 3 is 2.50 bits per heavy atom. The maximum Gasteiger partial charge on any atom is 0.220 e. The molecule has 0 saturated carbocycles. The molecule has 94 valence electrons. The second-order valence-electron chi connectivity index (χ2n) is 3.95. The fraction of sp³-hybridized carbons (Fsp3) is 0.167. The molecule has 6 heteroatoms. The minimum absolute atomic E-state index is 0.0211. The summed E-state index contributed by atoms with van der Waals surface area (Å²) in [5.74, 6) is 0.170. The van der Waals surface area contributed by atoms with Crippen molar-refractivity contribution in [3.63, 3.8) is 0 Å². The fourth-order valence-corrected chi connectivity index (χ4v) is 2.03. The number of phenols is 1. The molecule has 0 spiro atoms. The highest BCUT2D eigenvalue weighted by molar-refractivity contribution is 6.34. The number of anilines is 1. The van der Waals surface area contributed by atoms with E-state index < -0.39 is 0 Å². The molecule has 1 heterocycles. The molecule has 1 aromatic heterocycles. The molecule has 2 rings (SSSR count). The van der Waals surface area contributed by atoms with Crippen LogP contribution < -0.4 is 5.73 Å². The number of aryl methyl sites for hydroxylation is 2. The van der Waals surface area contributed by atoms with E-state index in [-0.39, 0.29) is 16.7 Å². The van der Waals surface area contributed by atoms with E-state index >= 15 is 0 Å². The second-order valence-corrected chi connectivity index (χ2v) is 4.73. The SMILES string of the molecule is Cc1cc(O)c(Cl)cc1-c1nc(N)nc(C)c1Cl. The average molecular weight is 284 g/mol. The van der Waals surface area contributed by atoms with E-state index in [0.717, 1.165) is 11.1 Å². The minimum Gasteiger partial charge on any atom is -0.506 e. The molecular weight excluding hydrogens is 273 g/mol. The Morgan fingerprint density at radius 1 is 1.17 bits per heavy atom. The van der Waals surface area contributed by atoms with Crippen LogP contribution in [0, 0.1) is 13.8 Å². The van der Waals surface area contributed by atoms with Crippen LogP contribution in [-0.4, -0.2) is 15.1 Å². The molecule has 0 amide bonds. The summed E-state index contributed by atoms with van der Waals surface area (Å²) in [6.45, 7) is 3.58. The van der Waals surface area contributed by atoms with E-state index in [2.05, 4.69) is 9.97 Å². The summed E-state index contributed by atoms with van der Waals surface area (Å²) in [7, 11) is 0. The van der Waals surface area contributed by atoms with E-state index in [1.165, 1.54) is 0 Å². The summed E-state index contributed by atoms with van der Waals surface area (Å²) in [6.07, 6.45) is 0. The Balaban J connectivity index is 2.73. The van der Waals surface area contributed by atoms with E-state index in [9.17, 15) is 5.11 Å². The highest BCUT2D eigenvalue weighted by Gasteiger charge is 2.14. The van der Waals surface area contributed by atoms with Crippen molar-refractivity contribution in [3.05, 3.63) is 33.4 Å². The van der Waals surface area contributed by atoms with Gasteiger partial charge in [0, 0.05) is 5.56 Å². The van der Waals surface area contributed by atoms with Crippen LogP contribution in [0.15, 0.2) is 12.1 Å². The highest BCUT2D eigenvalue weighted by Crippen LogP contribution is 2.35. The lowest BCUT2D eigenvalue weighted by Gasteiger charge is -2.11. The predicted octanol–water partition coefficient (Wildman–Crippen LogP) is 3.36. The Kier molecular flexibility index (Phi) is 3.32. The minimum atomic E-state index is 0.0211. The van der Waals surface area contributed by atoms with Crippen LogP contribution in [0.4, 0.5) is 5.95 Å². The largest absolute Gasteiger partial charge is 0.506 e. The van der Waals surface area contributed by atoms with Gasteiger partial charge in [-0.3, -0.25) is 0 Å². The van der Waals surface area contributed by atoms with Crippen molar-refractivity contribution >= 4 is 29.2 Å². The molecule has 0 aliphatic carbocycles. The summed E-state index contributed by atoms with van der Waals surface area (Å²) in [5, 5.41) is 10.2. The first-order valence-corrected chi connectivity index (χ1v) is 5.95. The van der Waals surface area contributed by atoms with Gasteiger partial charge in [-0.1, -0.05) is 23.2 Å². The van der Waals surface area contributed by atoms with Crippen LogP contribution in [0.5, 0.6) is 5.75 Å². The van der Waals surface area contributed by atoms with Crippen molar-refractivity contribution in [2.45, 2.75) is 13.8 Å². The first-order valence-electron chi connectivity index (χ1n) is 5.19. The molecule has 1 aromatic carbocycles. The quantitative estimate of drug-likeness (QED) is 0.842. The van der Waals surface area contributed by atoms with Crippen molar-refractivity contribution < 1.29 is 5.11 Å². The van der Waals surface area contributed by atoms with Gasteiger partial charge in [0.15, 0.2) is 0 Å². The Hall–Kier alpha value is -1.52. The van der Waals surface area contributed by atoms with E-state index in [1.807, 2.05) is 6.92 Å². The van der Waals surface area contributed by atoms with Gasteiger partial charge >= 0.3 is 0 Å². The molecule has 0 bridgehead atoms. The van der Waals surface area contributed by atoms with Crippen molar-refractivity contribution in [3.8, 4) is 17.0 Å². The molecule has 0 aliphatic rings. The lowest BCUT2D eigenvalue weighted by atomic mass is 10.0. The molecule has 18 heavy (non-hydrogen) atoms. The number of benzene rings is 1. The van der Waals surface area contributed by atoms with Crippen LogP contribution in [0.1, 0.15) is 11.3 Å². The summed E-state index contributed by atoms with van der Waals surface area (Å²) < 4.78 is 0. The summed E-state index contributed by atoms with van der Waals surface area (Å²) in [6, 6.07) is 3.17. The molecule has 2 aromatic rings. The molecule has 0 saturated heterocycles. The van der Waals surface area contributed by atoms with Crippen LogP contribution in [0.3, 0.4) is 0 Å².